The molecule has 0 aromatic heterocycles. The van der Waals surface area contributed by atoms with E-state index in [0.29, 0.717) is 43.2 Å². The van der Waals surface area contributed by atoms with Gasteiger partial charge in [0.2, 0.25) is 11.8 Å². The maximum absolute atomic E-state index is 12.8. The number of carbonyl (C=O) groups is 4. The fraction of sp³-hybridized carbons (Fsp3) is 0.500. The van der Waals surface area contributed by atoms with Crippen LogP contribution in [0, 0.1) is 5.41 Å². The lowest BCUT2D eigenvalue weighted by Gasteiger charge is -2.36. The first-order valence-electron chi connectivity index (χ1n) is 9.19. The maximum Gasteiger partial charge on any atom is 0.234 e. The number of benzene rings is 1. The normalized spacial score (nSPS) is 15.6. The van der Waals surface area contributed by atoms with Crippen LogP contribution in [-0.4, -0.2) is 43.4 Å². The van der Waals surface area contributed by atoms with Crippen LogP contribution in [0.25, 0.3) is 0 Å². The summed E-state index contributed by atoms with van der Waals surface area (Å²) in [5.74, 6) is -0.448. The molecule has 0 atom stereocenters. The van der Waals surface area contributed by atoms with E-state index in [2.05, 4.69) is 10.6 Å². The molecule has 27 heavy (non-hydrogen) atoms. The van der Waals surface area contributed by atoms with Crippen LogP contribution < -0.4 is 10.6 Å². The molecule has 7 heteroatoms. The van der Waals surface area contributed by atoms with Crippen LogP contribution in [0.15, 0.2) is 18.2 Å². The summed E-state index contributed by atoms with van der Waals surface area (Å²) >= 11 is 5.53. The molecule has 1 fully saturated rings. The maximum atomic E-state index is 12.8. The van der Waals surface area contributed by atoms with Gasteiger partial charge in [0.1, 0.15) is 5.88 Å². The molecule has 1 aliphatic rings. The van der Waals surface area contributed by atoms with Gasteiger partial charge in [-0.3, -0.25) is 19.2 Å². The summed E-state index contributed by atoms with van der Waals surface area (Å²) in [7, 11) is 0. The fourth-order valence-corrected chi connectivity index (χ4v) is 3.62. The summed E-state index contributed by atoms with van der Waals surface area (Å²) in [4.78, 5) is 46.3. The van der Waals surface area contributed by atoms with Crippen molar-refractivity contribution in [1.82, 2.24) is 10.6 Å². The summed E-state index contributed by atoms with van der Waals surface area (Å²) in [5, 5.41) is 5.72. The minimum Gasteiger partial charge on any atom is -0.355 e. The lowest BCUT2D eigenvalue weighted by atomic mass is 9.73. The summed E-state index contributed by atoms with van der Waals surface area (Å²) in [5.41, 5.74) is 0.987. The molecule has 0 bridgehead atoms. The molecule has 1 saturated carbocycles. The second-order valence-electron chi connectivity index (χ2n) is 6.96. The van der Waals surface area contributed by atoms with Crippen molar-refractivity contribution >= 4 is 36.0 Å². The number of nitrogens with one attached hydrogen (secondary N) is 2. The monoisotopic (exact) mass is 392 g/mol. The zero-order valence-electron chi connectivity index (χ0n) is 15.3. The van der Waals surface area contributed by atoms with Gasteiger partial charge in [-0.15, -0.1) is 11.6 Å². The third-order valence-corrected chi connectivity index (χ3v) is 5.38. The first kappa shape index (κ1) is 21.1. The highest BCUT2D eigenvalue weighted by Crippen LogP contribution is 2.36. The van der Waals surface area contributed by atoms with Gasteiger partial charge in [-0.1, -0.05) is 31.4 Å². The van der Waals surface area contributed by atoms with Gasteiger partial charge >= 0.3 is 0 Å². The molecule has 146 valence electrons. The quantitative estimate of drug-likeness (QED) is 0.498. The van der Waals surface area contributed by atoms with Crippen molar-refractivity contribution in [2.75, 3.05) is 19.0 Å². The van der Waals surface area contributed by atoms with Crippen molar-refractivity contribution in [1.29, 1.82) is 0 Å². The van der Waals surface area contributed by atoms with Gasteiger partial charge in [-0.2, -0.15) is 0 Å². The average molecular weight is 393 g/mol. The Morgan fingerprint density at radius 1 is 1.04 bits per heavy atom. The molecular formula is C20H25ClN2O4. The van der Waals surface area contributed by atoms with Crippen molar-refractivity contribution in [2.24, 2.45) is 5.41 Å². The molecule has 1 aromatic carbocycles. The predicted molar refractivity (Wildman–Crippen MR) is 103 cm³/mol. The first-order chi connectivity index (χ1) is 13.0. The largest absolute Gasteiger partial charge is 0.355 e. The molecule has 1 aromatic rings. The Morgan fingerprint density at radius 2 is 1.74 bits per heavy atom. The van der Waals surface area contributed by atoms with Crippen LogP contribution in [-0.2, 0) is 16.0 Å². The zero-order chi connectivity index (χ0) is 19.7. The molecule has 0 radical (unpaired) electrons. The Hall–Kier alpha value is -2.21. The smallest absolute Gasteiger partial charge is 0.234 e. The van der Waals surface area contributed by atoms with Gasteiger partial charge in [-0.05, 0) is 30.9 Å². The number of amides is 2. The van der Waals surface area contributed by atoms with Gasteiger partial charge in [0.05, 0.1) is 5.41 Å². The van der Waals surface area contributed by atoms with Gasteiger partial charge in [-0.25, -0.2) is 0 Å². The highest BCUT2D eigenvalue weighted by molar-refractivity contribution is 6.27. The van der Waals surface area contributed by atoms with Gasteiger partial charge in [0.15, 0.2) is 12.6 Å². The highest BCUT2D eigenvalue weighted by atomic mass is 35.5. The summed E-state index contributed by atoms with van der Waals surface area (Å²) < 4.78 is 0. The van der Waals surface area contributed by atoms with Crippen LogP contribution in [0.1, 0.15) is 58.4 Å². The molecule has 1 aliphatic carbocycles. The predicted octanol–water partition coefficient (Wildman–Crippen LogP) is 2.28. The lowest BCUT2D eigenvalue weighted by Crippen LogP contribution is -2.50. The van der Waals surface area contributed by atoms with Crippen LogP contribution in [0.3, 0.4) is 0 Å². The molecule has 0 aliphatic heterocycles. The Bertz CT molecular complexity index is 699. The molecule has 2 N–H and O–H groups in total. The summed E-state index contributed by atoms with van der Waals surface area (Å²) in [6, 6.07) is 5.05. The second-order valence-corrected chi connectivity index (χ2v) is 7.22. The third-order valence-electron chi connectivity index (χ3n) is 5.14. The lowest BCUT2D eigenvalue weighted by molar-refractivity contribution is -0.133. The van der Waals surface area contributed by atoms with Crippen molar-refractivity contribution in [3.8, 4) is 0 Å². The summed E-state index contributed by atoms with van der Waals surface area (Å²) in [6.45, 7) is 0.719. The second kappa shape index (κ2) is 10.2. The van der Waals surface area contributed by atoms with Crippen LogP contribution >= 0.6 is 11.6 Å². The first-order valence-corrected chi connectivity index (χ1v) is 9.72. The van der Waals surface area contributed by atoms with E-state index >= 15 is 0 Å². The molecule has 0 heterocycles. The number of halogens is 1. The highest BCUT2D eigenvalue weighted by Gasteiger charge is 2.39. The minimum atomic E-state index is -0.588. The number of hydrogen-bond donors (Lipinski definition) is 2. The van der Waals surface area contributed by atoms with Crippen LogP contribution in [0.4, 0.5) is 0 Å². The van der Waals surface area contributed by atoms with Gasteiger partial charge in [0.25, 0.3) is 0 Å². The Morgan fingerprint density at radius 3 is 2.37 bits per heavy atom. The minimum absolute atomic E-state index is 0.0582. The topological polar surface area (TPSA) is 92.3 Å². The van der Waals surface area contributed by atoms with E-state index in [0.717, 1.165) is 37.7 Å². The summed E-state index contributed by atoms with van der Waals surface area (Å²) in [6.07, 6.45) is 6.35. The van der Waals surface area contributed by atoms with Gasteiger partial charge in [0, 0.05) is 24.2 Å². The van der Waals surface area contributed by atoms with E-state index in [1.165, 1.54) is 0 Å². The van der Waals surface area contributed by atoms with E-state index in [-0.39, 0.29) is 17.7 Å². The number of hydrogen-bond acceptors (Lipinski definition) is 4. The Balaban J connectivity index is 1.96. The van der Waals surface area contributed by atoms with Crippen molar-refractivity contribution in [3.63, 3.8) is 0 Å². The standard InChI is InChI=1S/C20H25ClN2O4/c21-11-18(26)23-14-20(7-2-1-3-8-20)19(27)22-9-6-15-4-5-16(12-24)17(10-15)13-25/h4-5,10,12-13H,1-3,6-9,11,14H2,(H,22,27)(H,23,26). The van der Waals surface area contributed by atoms with E-state index in [9.17, 15) is 19.2 Å². The van der Waals surface area contributed by atoms with Crippen LogP contribution in [0.5, 0.6) is 0 Å². The third kappa shape index (κ3) is 5.63. The molecule has 6 nitrogen and oxygen atoms in total. The molecule has 0 unspecified atom stereocenters. The molecule has 2 amide bonds. The average Bonchev–Trinajstić information content (AvgIpc) is 2.72. The number of rotatable bonds is 9. The Labute approximate surface area is 164 Å². The number of aldehydes is 2. The van der Waals surface area contributed by atoms with Crippen molar-refractivity contribution < 1.29 is 19.2 Å². The van der Waals surface area contributed by atoms with Gasteiger partial charge < -0.3 is 10.6 Å². The van der Waals surface area contributed by atoms with Crippen LogP contribution in [0.2, 0.25) is 0 Å². The zero-order valence-corrected chi connectivity index (χ0v) is 16.0. The Kier molecular flexibility index (Phi) is 7.98. The molecule has 2 rings (SSSR count). The number of carbonyl (C=O) groups excluding carboxylic acids is 4. The SMILES string of the molecule is O=Cc1ccc(CCNC(=O)C2(CNC(=O)CCl)CCCCC2)cc1C=O. The molecular weight excluding hydrogens is 368 g/mol. The molecule has 0 saturated heterocycles. The molecule has 0 spiro atoms. The van der Waals surface area contributed by atoms with E-state index < -0.39 is 5.41 Å². The van der Waals surface area contributed by atoms with Crippen molar-refractivity contribution in [3.05, 3.63) is 34.9 Å². The van der Waals surface area contributed by atoms with E-state index in [1.54, 1.807) is 18.2 Å². The number of alkyl halides is 1. The van der Waals surface area contributed by atoms with Crippen molar-refractivity contribution in [2.45, 2.75) is 38.5 Å². The van der Waals surface area contributed by atoms with E-state index in [4.69, 9.17) is 11.6 Å². The van der Waals surface area contributed by atoms with E-state index in [1.807, 2.05) is 0 Å². The fourth-order valence-electron chi connectivity index (χ4n) is 3.52.